The molecule has 1 heterocycles. The van der Waals surface area contributed by atoms with E-state index in [4.69, 9.17) is 0 Å². The molecule has 0 spiro atoms. The highest BCUT2D eigenvalue weighted by Gasteiger charge is 2.11. The molecular weight excluding hydrogens is 252 g/mol. The van der Waals surface area contributed by atoms with Crippen LogP contribution in [0.5, 0.6) is 0 Å². The molecule has 1 rings (SSSR count). The molecule has 8 nitrogen and oxygen atoms in total. The second-order valence-corrected chi connectivity index (χ2v) is 4.39. The second-order valence-electron chi connectivity index (χ2n) is 4.39. The molecular formula is C11H20N4O4. The quantitative estimate of drug-likeness (QED) is 0.329. The van der Waals surface area contributed by atoms with E-state index in [-0.39, 0.29) is 18.3 Å². The molecule has 0 saturated heterocycles. The zero-order valence-corrected chi connectivity index (χ0v) is 10.9. The van der Waals surface area contributed by atoms with Crippen LogP contribution in [0.15, 0.2) is 12.4 Å². The maximum absolute atomic E-state index is 10.5. The van der Waals surface area contributed by atoms with Crippen LogP contribution < -0.4 is 5.32 Å². The van der Waals surface area contributed by atoms with Crippen LogP contribution in [0.2, 0.25) is 0 Å². The number of nitrogens with zero attached hydrogens (tertiary/aromatic N) is 3. The third kappa shape index (κ3) is 5.77. The Morgan fingerprint density at radius 2 is 2.26 bits per heavy atom. The highest BCUT2D eigenvalue weighted by molar-refractivity contribution is 5.20. The van der Waals surface area contributed by atoms with Gasteiger partial charge >= 0.3 is 5.69 Å². The summed E-state index contributed by atoms with van der Waals surface area (Å²) in [5, 5.41) is 36.3. The van der Waals surface area contributed by atoms with Crippen molar-refractivity contribution < 1.29 is 15.1 Å². The molecule has 0 fully saturated rings. The Kier molecular flexibility index (Phi) is 6.40. The zero-order valence-electron chi connectivity index (χ0n) is 10.9. The first-order chi connectivity index (χ1) is 9.02. The number of hydrogen-bond acceptors (Lipinski definition) is 6. The summed E-state index contributed by atoms with van der Waals surface area (Å²) in [4.78, 5) is 9.93. The largest absolute Gasteiger partial charge is 0.393 e. The van der Waals surface area contributed by atoms with Crippen LogP contribution in [0.25, 0.3) is 0 Å². The van der Waals surface area contributed by atoms with Crippen molar-refractivity contribution in [3.63, 3.8) is 0 Å². The van der Waals surface area contributed by atoms with Crippen molar-refractivity contribution >= 4 is 5.69 Å². The highest BCUT2D eigenvalue weighted by Crippen LogP contribution is 2.07. The summed E-state index contributed by atoms with van der Waals surface area (Å²) < 4.78 is 1.34. The van der Waals surface area contributed by atoms with Gasteiger partial charge in [0.15, 0.2) is 0 Å². The molecule has 108 valence electrons. The summed E-state index contributed by atoms with van der Waals surface area (Å²) in [6.07, 6.45) is 2.77. The van der Waals surface area contributed by atoms with Gasteiger partial charge in [-0.3, -0.25) is 14.8 Å². The number of nitro groups is 1. The number of rotatable bonds is 9. The Hall–Kier alpha value is -1.51. The van der Waals surface area contributed by atoms with Crippen molar-refractivity contribution in [3.05, 3.63) is 22.5 Å². The third-order valence-corrected chi connectivity index (χ3v) is 2.73. The number of aliphatic hydroxyl groups excluding tert-OH is 2. The van der Waals surface area contributed by atoms with Crippen LogP contribution in [0.3, 0.4) is 0 Å². The molecule has 0 radical (unpaired) electrons. The zero-order chi connectivity index (χ0) is 14.3. The van der Waals surface area contributed by atoms with Gasteiger partial charge in [-0.15, -0.1) is 0 Å². The minimum Gasteiger partial charge on any atom is -0.393 e. The van der Waals surface area contributed by atoms with E-state index >= 15 is 0 Å². The summed E-state index contributed by atoms with van der Waals surface area (Å²) in [5.74, 6) is 0. The van der Waals surface area contributed by atoms with E-state index in [0.717, 1.165) is 6.20 Å². The van der Waals surface area contributed by atoms with Gasteiger partial charge in [0.2, 0.25) is 0 Å². The minimum absolute atomic E-state index is 0.0915. The summed E-state index contributed by atoms with van der Waals surface area (Å²) in [6.45, 7) is 3.07. The summed E-state index contributed by atoms with van der Waals surface area (Å²) in [7, 11) is 0. The lowest BCUT2D eigenvalue weighted by Crippen LogP contribution is -2.32. The standard InChI is InChI=1S/C11H20N4O4/c1-2-10(16)3-4-12-6-11(17)8-14-7-9(5-13-14)15(18)19/h5,7,10-12,16-17H,2-4,6,8H2,1H3. The molecule has 19 heavy (non-hydrogen) atoms. The molecule has 3 N–H and O–H groups in total. The van der Waals surface area contributed by atoms with Crippen molar-refractivity contribution in [3.8, 4) is 0 Å². The van der Waals surface area contributed by atoms with Gasteiger partial charge < -0.3 is 15.5 Å². The highest BCUT2D eigenvalue weighted by atomic mass is 16.6. The lowest BCUT2D eigenvalue weighted by molar-refractivity contribution is -0.385. The topological polar surface area (TPSA) is 113 Å². The molecule has 1 aromatic rings. The summed E-state index contributed by atoms with van der Waals surface area (Å²) in [6, 6.07) is 0. The van der Waals surface area contributed by atoms with Crippen molar-refractivity contribution in [1.82, 2.24) is 15.1 Å². The van der Waals surface area contributed by atoms with Crippen LogP contribution >= 0.6 is 0 Å². The number of aliphatic hydroxyl groups is 2. The number of nitrogens with one attached hydrogen (secondary N) is 1. The first-order valence-corrected chi connectivity index (χ1v) is 6.26. The van der Waals surface area contributed by atoms with Crippen LogP contribution in [0.1, 0.15) is 19.8 Å². The van der Waals surface area contributed by atoms with Gasteiger partial charge in [-0.05, 0) is 19.4 Å². The summed E-state index contributed by atoms with van der Waals surface area (Å²) >= 11 is 0. The second kappa shape index (κ2) is 7.82. The molecule has 0 saturated carbocycles. The molecule has 2 atom stereocenters. The predicted molar refractivity (Wildman–Crippen MR) is 68.7 cm³/mol. The Morgan fingerprint density at radius 3 is 2.84 bits per heavy atom. The van der Waals surface area contributed by atoms with E-state index in [9.17, 15) is 20.3 Å². The van der Waals surface area contributed by atoms with E-state index in [1.807, 2.05) is 6.92 Å². The lowest BCUT2D eigenvalue weighted by atomic mass is 10.2. The normalized spacial score (nSPS) is 14.3. The van der Waals surface area contributed by atoms with Gasteiger partial charge in [0, 0.05) is 6.54 Å². The molecule has 0 amide bonds. The van der Waals surface area contributed by atoms with Gasteiger partial charge in [-0.1, -0.05) is 6.92 Å². The Bertz CT molecular complexity index is 396. The fraction of sp³-hybridized carbons (Fsp3) is 0.727. The molecule has 0 bridgehead atoms. The number of aromatic nitrogens is 2. The van der Waals surface area contributed by atoms with Gasteiger partial charge in [0.1, 0.15) is 12.4 Å². The van der Waals surface area contributed by atoms with E-state index in [1.54, 1.807) is 0 Å². The molecule has 2 unspecified atom stereocenters. The van der Waals surface area contributed by atoms with Gasteiger partial charge in [-0.25, -0.2) is 0 Å². The van der Waals surface area contributed by atoms with Crippen molar-refractivity contribution in [2.75, 3.05) is 13.1 Å². The number of hydrogen-bond donors (Lipinski definition) is 3. The maximum atomic E-state index is 10.5. The van der Waals surface area contributed by atoms with Crippen molar-refractivity contribution in [1.29, 1.82) is 0 Å². The monoisotopic (exact) mass is 272 g/mol. The van der Waals surface area contributed by atoms with Crippen LogP contribution in [0, 0.1) is 10.1 Å². The SMILES string of the molecule is CCC(O)CCNCC(O)Cn1cc([N+](=O)[O-])cn1. The average Bonchev–Trinajstić information content (AvgIpc) is 2.83. The van der Waals surface area contributed by atoms with Gasteiger partial charge in [-0.2, -0.15) is 5.10 Å². The molecule has 8 heteroatoms. The first-order valence-electron chi connectivity index (χ1n) is 6.26. The van der Waals surface area contributed by atoms with Gasteiger partial charge in [0.25, 0.3) is 0 Å². The average molecular weight is 272 g/mol. The molecule has 0 aromatic carbocycles. The Labute approximate surface area is 111 Å². The van der Waals surface area contributed by atoms with E-state index < -0.39 is 11.0 Å². The smallest absolute Gasteiger partial charge is 0.306 e. The van der Waals surface area contributed by atoms with E-state index in [1.165, 1.54) is 10.9 Å². The third-order valence-electron chi connectivity index (χ3n) is 2.73. The van der Waals surface area contributed by atoms with Crippen LogP contribution in [-0.4, -0.2) is 50.2 Å². The minimum atomic E-state index is -0.682. The fourth-order valence-corrected chi connectivity index (χ4v) is 1.57. The first kappa shape index (κ1) is 15.5. The van der Waals surface area contributed by atoms with E-state index in [2.05, 4.69) is 10.4 Å². The van der Waals surface area contributed by atoms with Crippen LogP contribution in [-0.2, 0) is 6.54 Å². The molecule has 0 aliphatic heterocycles. The van der Waals surface area contributed by atoms with Crippen molar-refractivity contribution in [2.45, 2.75) is 38.5 Å². The maximum Gasteiger partial charge on any atom is 0.306 e. The van der Waals surface area contributed by atoms with Gasteiger partial charge in [0.05, 0.1) is 23.7 Å². The Balaban J connectivity index is 2.23. The molecule has 1 aromatic heterocycles. The van der Waals surface area contributed by atoms with E-state index in [0.29, 0.717) is 25.9 Å². The molecule has 0 aliphatic rings. The fourth-order valence-electron chi connectivity index (χ4n) is 1.57. The lowest BCUT2D eigenvalue weighted by Gasteiger charge is -2.13. The summed E-state index contributed by atoms with van der Waals surface area (Å²) in [5.41, 5.74) is -0.0915. The van der Waals surface area contributed by atoms with Crippen LogP contribution in [0.4, 0.5) is 5.69 Å². The molecule has 0 aliphatic carbocycles. The predicted octanol–water partition coefficient (Wildman–Crippen LogP) is -0.0972. The Morgan fingerprint density at radius 1 is 1.53 bits per heavy atom. The van der Waals surface area contributed by atoms with Crippen molar-refractivity contribution in [2.24, 2.45) is 0 Å².